The molecule has 2 rings (SSSR count). The summed E-state index contributed by atoms with van der Waals surface area (Å²) in [5.74, 6) is -0.545. The Kier molecular flexibility index (Phi) is 2.52. The highest BCUT2D eigenvalue weighted by atomic mass is 16.2. The summed E-state index contributed by atoms with van der Waals surface area (Å²) in [5.41, 5.74) is 8.20. The van der Waals surface area contributed by atoms with Crippen LogP contribution in [0, 0.1) is 6.92 Å². The van der Waals surface area contributed by atoms with Gasteiger partial charge in [0, 0.05) is 11.4 Å². The molecule has 3 N–H and O–H groups in total. The van der Waals surface area contributed by atoms with E-state index in [4.69, 9.17) is 5.73 Å². The van der Waals surface area contributed by atoms with E-state index in [9.17, 15) is 9.59 Å². The molecule has 0 unspecified atom stereocenters. The third-order valence-corrected chi connectivity index (χ3v) is 2.57. The van der Waals surface area contributed by atoms with Gasteiger partial charge >= 0.3 is 0 Å². The summed E-state index contributed by atoms with van der Waals surface area (Å²) >= 11 is 0. The molecule has 0 atom stereocenters. The standard InChI is InChI=1S/C11H13N3O2/c1-7-4-8(2-3-9(7)12)14-5-10(15)13-11(16)6-14/h2-4H,5-6,12H2,1H3,(H,13,15,16). The Morgan fingerprint density at radius 2 is 1.88 bits per heavy atom. The Morgan fingerprint density at radius 3 is 2.44 bits per heavy atom. The monoisotopic (exact) mass is 219 g/mol. The van der Waals surface area contributed by atoms with E-state index in [1.54, 1.807) is 11.0 Å². The van der Waals surface area contributed by atoms with E-state index in [1.165, 1.54) is 0 Å². The van der Waals surface area contributed by atoms with Gasteiger partial charge in [0.1, 0.15) is 0 Å². The minimum absolute atomic E-state index is 0.203. The predicted octanol–water partition coefficient (Wildman–Crippen LogP) is 0.0400. The fourth-order valence-electron chi connectivity index (χ4n) is 1.68. The summed E-state index contributed by atoms with van der Waals surface area (Å²) < 4.78 is 0. The van der Waals surface area contributed by atoms with Crippen LogP contribution < -0.4 is 16.0 Å². The molecule has 1 heterocycles. The van der Waals surface area contributed by atoms with Gasteiger partial charge in [0.15, 0.2) is 0 Å². The van der Waals surface area contributed by atoms with Gasteiger partial charge in [-0.3, -0.25) is 14.9 Å². The first-order chi connectivity index (χ1) is 7.56. The van der Waals surface area contributed by atoms with E-state index < -0.39 is 0 Å². The van der Waals surface area contributed by atoms with E-state index >= 15 is 0 Å². The van der Waals surface area contributed by atoms with E-state index in [0.29, 0.717) is 5.69 Å². The van der Waals surface area contributed by atoms with Crippen molar-refractivity contribution in [1.29, 1.82) is 0 Å². The zero-order valence-electron chi connectivity index (χ0n) is 8.99. The molecule has 0 saturated carbocycles. The van der Waals surface area contributed by atoms with Crippen molar-refractivity contribution in [1.82, 2.24) is 5.32 Å². The van der Waals surface area contributed by atoms with E-state index in [0.717, 1.165) is 11.3 Å². The van der Waals surface area contributed by atoms with Crippen LogP contribution >= 0.6 is 0 Å². The van der Waals surface area contributed by atoms with Crippen LogP contribution in [-0.2, 0) is 9.59 Å². The van der Waals surface area contributed by atoms with Crippen LogP contribution in [0.15, 0.2) is 18.2 Å². The number of anilines is 2. The molecule has 0 aromatic heterocycles. The first-order valence-corrected chi connectivity index (χ1v) is 5.00. The summed E-state index contributed by atoms with van der Waals surface area (Å²) in [4.78, 5) is 24.2. The van der Waals surface area contributed by atoms with Crippen molar-refractivity contribution in [2.24, 2.45) is 0 Å². The van der Waals surface area contributed by atoms with E-state index in [2.05, 4.69) is 5.32 Å². The molecule has 1 aliphatic rings. The molecule has 5 heteroatoms. The number of nitrogens with two attached hydrogens (primary N) is 1. The second kappa shape index (κ2) is 3.84. The summed E-state index contributed by atoms with van der Waals surface area (Å²) in [7, 11) is 0. The molecule has 1 aromatic carbocycles. The molecule has 1 aliphatic heterocycles. The second-order valence-corrected chi connectivity index (χ2v) is 3.87. The van der Waals surface area contributed by atoms with Crippen LogP contribution in [0.4, 0.5) is 11.4 Å². The second-order valence-electron chi connectivity index (χ2n) is 3.87. The predicted molar refractivity (Wildman–Crippen MR) is 61.0 cm³/mol. The highest BCUT2D eigenvalue weighted by Crippen LogP contribution is 2.20. The molecule has 16 heavy (non-hydrogen) atoms. The number of nitrogens with zero attached hydrogens (tertiary/aromatic N) is 1. The first kappa shape index (κ1) is 10.5. The van der Waals surface area contributed by atoms with E-state index in [-0.39, 0.29) is 24.9 Å². The van der Waals surface area contributed by atoms with Gasteiger partial charge < -0.3 is 10.6 Å². The first-order valence-electron chi connectivity index (χ1n) is 5.00. The molecule has 2 amide bonds. The fraction of sp³-hybridized carbons (Fsp3) is 0.273. The maximum absolute atomic E-state index is 11.2. The number of amides is 2. The van der Waals surface area contributed by atoms with Gasteiger partial charge in [0.25, 0.3) is 0 Å². The lowest BCUT2D eigenvalue weighted by molar-refractivity contribution is -0.130. The average molecular weight is 219 g/mol. The van der Waals surface area contributed by atoms with Gasteiger partial charge in [-0.05, 0) is 30.7 Å². The lowest BCUT2D eigenvalue weighted by Gasteiger charge is -2.27. The maximum Gasteiger partial charge on any atom is 0.246 e. The summed E-state index contributed by atoms with van der Waals surface area (Å²) in [5, 5.41) is 2.26. The zero-order valence-corrected chi connectivity index (χ0v) is 8.99. The minimum atomic E-state index is -0.272. The number of carbonyl (C=O) groups is 2. The largest absolute Gasteiger partial charge is 0.399 e. The van der Waals surface area contributed by atoms with Crippen molar-refractivity contribution in [3.63, 3.8) is 0 Å². The normalized spacial score (nSPS) is 16.2. The fourth-order valence-corrected chi connectivity index (χ4v) is 1.68. The van der Waals surface area contributed by atoms with Gasteiger partial charge in [-0.25, -0.2) is 0 Å². The highest BCUT2D eigenvalue weighted by molar-refractivity contribution is 6.02. The van der Waals surface area contributed by atoms with Crippen molar-refractivity contribution < 1.29 is 9.59 Å². The van der Waals surface area contributed by atoms with Gasteiger partial charge in [0.05, 0.1) is 13.1 Å². The van der Waals surface area contributed by atoms with Crippen molar-refractivity contribution in [3.05, 3.63) is 23.8 Å². The number of hydrogen-bond acceptors (Lipinski definition) is 4. The zero-order chi connectivity index (χ0) is 11.7. The number of carbonyl (C=O) groups excluding carboxylic acids is 2. The van der Waals surface area contributed by atoms with Gasteiger partial charge in [-0.2, -0.15) is 0 Å². The molecule has 5 nitrogen and oxygen atoms in total. The topological polar surface area (TPSA) is 75.4 Å². The molecule has 1 saturated heterocycles. The molecular weight excluding hydrogens is 206 g/mol. The molecule has 0 spiro atoms. The van der Waals surface area contributed by atoms with Crippen LogP contribution in [0.1, 0.15) is 5.56 Å². The Morgan fingerprint density at radius 1 is 1.25 bits per heavy atom. The molecule has 0 radical (unpaired) electrons. The lowest BCUT2D eigenvalue weighted by Crippen LogP contribution is -2.51. The highest BCUT2D eigenvalue weighted by Gasteiger charge is 2.22. The number of benzene rings is 1. The molecule has 1 aromatic rings. The van der Waals surface area contributed by atoms with Crippen LogP contribution in [-0.4, -0.2) is 24.9 Å². The number of aryl methyl sites for hydroxylation is 1. The molecule has 84 valence electrons. The Hall–Kier alpha value is -2.04. The van der Waals surface area contributed by atoms with Gasteiger partial charge in [0.2, 0.25) is 11.8 Å². The number of hydrogen-bond donors (Lipinski definition) is 2. The van der Waals surface area contributed by atoms with Crippen LogP contribution in [0.2, 0.25) is 0 Å². The molecular formula is C11H13N3O2. The van der Waals surface area contributed by atoms with Gasteiger partial charge in [-0.1, -0.05) is 0 Å². The van der Waals surface area contributed by atoms with Crippen molar-refractivity contribution in [2.45, 2.75) is 6.92 Å². The van der Waals surface area contributed by atoms with Crippen molar-refractivity contribution in [3.8, 4) is 0 Å². The Labute approximate surface area is 93.2 Å². The Bertz CT molecular complexity index is 441. The SMILES string of the molecule is Cc1cc(N2CC(=O)NC(=O)C2)ccc1N. The van der Waals surface area contributed by atoms with E-state index in [1.807, 2.05) is 19.1 Å². The maximum atomic E-state index is 11.2. The smallest absolute Gasteiger partial charge is 0.246 e. The van der Waals surface area contributed by atoms with Crippen molar-refractivity contribution >= 4 is 23.2 Å². The number of nitrogen functional groups attached to an aromatic ring is 1. The number of imide groups is 1. The third-order valence-electron chi connectivity index (χ3n) is 2.57. The average Bonchev–Trinajstić information content (AvgIpc) is 2.20. The van der Waals surface area contributed by atoms with Crippen molar-refractivity contribution in [2.75, 3.05) is 23.7 Å². The molecule has 1 fully saturated rings. The molecule has 0 bridgehead atoms. The summed E-state index contributed by atoms with van der Waals surface area (Å²) in [6.07, 6.45) is 0. The van der Waals surface area contributed by atoms with Gasteiger partial charge in [-0.15, -0.1) is 0 Å². The minimum Gasteiger partial charge on any atom is -0.399 e. The molecule has 0 aliphatic carbocycles. The number of nitrogens with one attached hydrogen (secondary N) is 1. The van der Waals surface area contributed by atoms with Crippen LogP contribution in [0.25, 0.3) is 0 Å². The Balaban J connectivity index is 2.26. The summed E-state index contributed by atoms with van der Waals surface area (Å²) in [6.45, 7) is 2.30. The third kappa shape index (κ3) is 1.98. The quantitative estimate of drug-likeness (QED) is 0.516. The van der Waals surface area contributed by atoms with Crippen LogP contribution in [0.5, 0.6) is 0 Å². The summed E-state index contributed by atoms with van der Waals surface area (Å²) in [6, 6.07) is 5.47. The number of rotatable bonds is 1. The number of piperazine rings is 1. The lowest BCUT2D eigenvalue weighted by atomic mass is 10.1. The van der Waals surface area contributed by atoms with Crippen LogP contribution in [0.3, 0.4) is 0 Å².